The Kier molecular flexibility index (Phi) is 3.51. The quantitative estimate of drug-likeness (QED) is 0.679. The first-order valence-corrected chi connectivity index (χ1v) is 6.36. The molecule has 0 aromatic heterocycles. The van der Waals surface area contributed by atoms with Gasteiger partial charge in [-0.15, -0.1) is 0 Å². The molecule has 1 atom stereocenters. The van der Waals surface area contributed by atoms with Crippen LogP contribution in [0, 0.1) is 5.41 Å². The van der Waals surface area contributed by atoms with Gasteiger partial charge in [0, 0.05) is 5.75 Å². The van der Waals surface area contributed by atoms with E-state index in [-0.39, 0.29) is 17.0 Å². The van der Waals surface area contributed by atoms with Crippen molar-refractivity contribution in [2.24, 2.45) is 5.41 Å². The summed E-state index contributed by atoms with van der Waals surface area (Å²) in [6.45, 7) is 7.95. The Morgan fingerprint density at radius 2 is 2.21 bits per heavy atom. The number of esters is 1. The molecule has 0 aromatic rings. The molecule has 1 rings (SSSR count). The summed E-state index contributed by atoms with van der Waals surface area (Å²) in [6, 6.07) is 0. The molecule has 1 aliphatic heterocycles. The molecular formula is C11H20O2S. The van der Waals surface area contributed by atoms with Crippen LogP contribution in [0.3, 0.4) is 0 Å². The third-order valence-corrected chi connectivity index (χ3v) is 4.27. The van der Waals surface area contributed by atoms with Crippen LogP contribution < -0.4 is 0 Å². The highest BCUT2D eigenvalue weighted by Crippen LogP contribution is 2.33. The Balaban J connectivity index is 2.55. The van der Waals surface area contributed by atoms with Gasteiger partial charge in [0.15, 0.2) is 0 Å². The van der Waals surface area contributed by atoms with Crippen LogP contribution in [0.25, 0.3) is 0 Å². The Labute approximate surface area is 90.8 Å². The molecule has 0 aliphatic carbocycles. The lowest BCUT2D eigenvalue weighted by atomic mass is 9.90. The highest BCUT2D eigenvalue weighted by atomic mass is 32.2. The predicted molar refractivity (Wildman–Crippen MR) is 60.5 cm³/mol. The van der Waals surface area contributed by atoms with Crippen molar-refractivity contribution in [1.82, 2.24) is 0 Å². The monoisotopic (exact) mass is 216 g/mol. The van der Waals surface area contributed by atoms with E-state index in [1.165, 1.54) is 0 Å². The Hall–Kier alpha value is -0.180. The molecule has 1 fully saturated rings. The van der Waals surface area contributed by atoms with Gasteiger partial charge in [0.25, 0.3) is 0 Å². The van der Waals surface area contributed by atoms with Gasteiger partial charge in [0.2, 0.25) is 0 Å². The average molecular weight is 216 g/mol. The Bertz CT molecular complexity index is 217. The molecule has 0 radical (unpaired) electrons. The molecular weight excluding hydrogens is 196 g/mol. The third-order valence-electron chi connectivity index (χ3n) is 2.96. The summed E-state index contributed by atoms with van der Waals surface area (Å²) in [5, 5.41) is 0. The Morgan fingerprint density at radius 3 is 2.64 bits per heavy atom. The van der Waals surface area contributed by atoms with Crippen molar-refractivity contribution in [1.29, 1.82) is 0 Å². The molecule has 0 spiro atoms. The van der Waals surface area contributed by atoms with Crippen LogP contribution in [-0.2, 0) is 9.53 Å². The van der Waals surface area contributed by atoms with E-state index in [1.807, 2.05) is 39.5 Å². The average Bonchev–Trinajstić information content (AvgIpc) is 2.52. The van der Waals surface area contributed by atoms with Crippen molar-refractivity contribution in [3.8, 4) is 0 Å². The lowest BCUT2D eigenvalue weighted by Gasteiger charge is -2.29. The number of carbonyl (C=O) groups excluding carboxylic acids is 1. The van der Waals surface area contributed by atoms with E-state index in [2.05, 4.69) is 0 Å². The maximum Gasteiger partial charge on any atom is 0.312 e. The van der Waals surface area contributed by atoms with Crippen molar-refractivity contribution < 1.29 is 9.53 Å². The summed E-state index contributed by atoms with van der Waals surface area (Å²) >= 11 is 1.86. The molecule has 1 heterocycles. The van der Waals surface area contributed by atoms with Crippen LogP contribution in [0.15, 0.2) is 0 Å². The molecule has 14 heavy (non-hydrogen) atoms. The van der Waals surface area contributed by atoms with Crippen LogP contribution in [0.5, 0.6) is 0 Å². The number of carbonyl (C=O) groups is 1. The predicted octanol–water partition coefficient (Wildman–Crippen LogP) is 2.86. The molecule has 3 heteroatoms. The molecule has 1 aliphatic rings. The lowest BCUT2D eigenvalue weighted by molar-refractivity contribution is -0.166. The fraction of sp³-hybridized carbons (Fsp3) is 0.909. The molecule has 1 saturated heterocycles. The summed E-state index contributed by atoms with van der Waals surface area (Å²) in [7, 11) is 0. The molecule has 82 valence electrons. The van der Waals surface area contributed by atoms with E-state index in [4.69, 9.17) is 4.74 Å². The maximum atomic E-state index is 11.8. The van der Waals surface area contributed by atoms with E-state index in [0.717, 1.165) is 24.3 Å². The number of thioether (sulfide) groups is 1. The van der Waals surface area contributed by atoms with E-state index < -0.39 is 0 Å². The second-order valence-electron chi connectivity index (χ2n) is 4.88. The van der Waals surface area contributed by atoms with Crippen LogP contribution in [0.1, 0.15) is 40.5 Å². The van der Waals surface area contributed by atoms with E-state index in [9.17, 15) is 4.79 Å². The van der Waals surface area contributed by atoms with E-state index in [0.29, 0.717) is 0 Å². The molecule has 0 bridgehead atoms. The van der Waals surface area contributed by atoms with Crippen LogP contribution >= 0.6 is 11.8 Å². The van der Waals surface area contributed by atoms with Crippen LogP contribution in [0.4, 0.5) is 0 Å². The van der Waals surface area contributed by atoms with Crippen molar-refractivity contribution in [3.05, 3.63) is 0 Å². The van der Waals surface area contributed by atoms with E-state index >= 15 is 0 Å². The summed E-state index contributed by atoms with van der Waals surface area (Å²) in [5.74, 6) is 2.00. The number of ether oxygens (including phenoxy) is 1. The highest BCUT2D eigenvalue weighted by Gasteiger charge is 2.37. The summed E-state index contributed by atoms with van der Waals surface area (Å²) in [6.07, 6.45) is 1.82. The normalized spacial score (nSPS) is 27.7. The standard InChI is InChI=1S/C11H20O2S/c1-5-10(2,3)9(12)13-11(4)6-7-14-8-11/h5-8H2,1-4H3. The Morgan fingerprint density at radius 1 is 1.57 bits per heavy atom. The highest BCUT2D eigenvalue weighted by molar-refractivity contribution is 7.99. The van der Waals surface area contributed by atoms with Crippen molar-refractivity contribution in [3.63, 3.8) is 0 Å². The topological polar surface area (TPSA) is 26.3 Å². The van der Waals surface area contributed by atoms with Crippen molar-refractivity contribution >= 4 is 17.7 Å². The smallest absolute Gasteiger partial charge is 0.312 e. The first kappa shape index (κ1) is 11.9. The largest absolute Gasteiger partial charge is 0.458 e. The van der Waals surface area contributed by atoms with Gasteiger partial charge >= 0.3 is 5.97 Å². The van der Waals surface area contributed by atoms with Crippen molar-refractivity contribution in [2.75, 3.05) is 11.5 Å². The second-order valence-corrected chi connectivity index (χ2v) is 5.98. The number of rotatable bonds is 3. The SMILES string of the molecule is CCC(C)(C)C(=O)OC1(C)CCSC1. The zero-order chi connectivity index (χ0) is 10.8. The molecule has 0 N–H and O–H groups in total. The first-order valence-electron chi connectivity index (χ1n) is 5.21. The summed E-state index contributed by atoms with van der Waals surface area (Å²) < 4.78 is 5.59. The molecule has 2 nitrogen and oxygen atoms in total. The third kappa shape index (κ3) is 2.66. The minimum atomic E-state index is -0.337. The number of hydrogen-bond donors (Lipinski definition) is 0. The van der Waals surface area contributed by atoms with Crippen molar-refractivity contribution in [2.45, 2.75) is 46.1 Å². The van der Waals surface area contributed by atoms with Crippen LogP contribution in [-0.4, -0.2) is 23.1 Å². The van der Waals surface area contributed by atoms with Gasteiger partial charge in [0.1, 0.15) is 5.60 Å². The second kappa shape index (κ2) is 4.13. The fourth-order valence-electron chi connectivity index (χ4n) is 1.24. The first-order chi connectivity index (χ1) is 6.40. The molecule has 1 unspecified atom stereocenters. The maximum absolute atomic E-state index is 11.8. The molecule has 0 amide bonds. The van der Waals surface area contributed by atoms with Gasteiger partial charge < -0.3 is 4.74 Å². The van der Waals surface area contributed by atoms with Gasteiger partial charge in [0.05, 0.1) is 5.41 Å². The van der Waals surface area contributed by atoms with Gasteiger partial charge in [-0.05, 0) is 39.4 Å². The van der Waals surface area contributed by atoms with Gasteiger partial charge in [-0.3, -0.25) is 4.79 Å². The minimum Gasteiger partial charge on any atom is -0.458 e. The zero-order valence-electron chi connectivity index (χ0n) is 9.55. The van der Waals surface area contributed by atoms with Crippen LogP contribution in [0.2, 0.25) is 0 Å². The molecule has 0 aromatic carbocycles. The van der Waals surface area contributed by atoms with Gasteiger partial charge in [-0.1, -0.05) is 6.92 Å². The van der Waals surface area contributed by atoms with E-state index in [1.54, 1.807) is 0 Å². The summed E-state index contributed by atoms with van der Waals surface area (Å²) in [4.78, 5) is 11.8. The molecule has 0 saturated carbocycles. The van der Waals surface area contributed by atoms with Gasteiger partial charge in [-0.2, -0.15) is 11.8 Å². The van der Waals surface area contributed by atoms with Gasteiger partial charge in [-0.25, -0.2) is 0 Å². The fourth-order valence-corrected chi connectivity index (χ4v) is 2.59. The summed E-state index contributed by atoms with van der Waals surface area (Å²) in [5.41, 5.74) is -0.551. The lowest BCUT2D eigenvalue weighted by Crippen LogP contribution is -2.37. The number of hydrogen-bond acceptors (Lipinski definition) is 3. The zero-order valence-corrected chi connectivity index (χ0v) is 10.4. The minimum absolute atomic E-state index is 0.0509.